The van der Waals surface area contributed by atoms with Gasteiger partial charge in [-0.2, -0.15) is 5.26 Å². The van der Waals surface area contributed by atoms with E-state index in [0.717, 1.165) is 0 Å². The number of nitrogens with one attached hydrogen (secondary N) is 1. The summed E-state index contributed by atoms with van der Waals surface area (Å²) in [6, 6.07) is 11.8. The Morgan fingerprint density at radius 2 is 2.12 bits per heavy atom. The normalized spacial score (nSPS) is 18.1. The highest BCUT2D eigenvalue weighted by Gasteiger charge is 2.31. The number of nitrogens with zero attached hydrogens (tertiary/aromatic N) is 3. The molecule has 8 heteroatoms. The van der Waals surface area contributed by atoms with Gasteiger partial charge in [-0.1, -0.05) is 12.1 Å². The summed E-state index contributed by atoms with van der Waals surface area (Å²) < 4.78 is 23.4. The molecule has 0 bridgehead atoms. The average Bonchev–Trinajstić information content (AvgIpc) is 3.01. The molecular weight excluding hydrogens is 352 g/mol. The zero-order chi connectivity index (χ0) is 18.7. The lowest BCUT2D eigenvalue weighted by Gasteiger charge is -2.24. The van der Waals surface area contributed by atoms with Gasteiger partial charge in [0.2, 0.25) is 0 Å². The smallest absolute Gasteiger partial charge is 0.255 e. The Bertz CT molecular complexity index is 982. The first kappa shape index (κ1) is 17.9. The van der Waals surface area contributed by atoms with Crippen LogP contribution >= 0.6 is 0 Å². The number of hydrogen-bond donors (Lipinski definition) is 1. The van der Waals surface area contributed by atoms with Crippen LogP contribution in [-0.4, -0.2) is 43.9 Å². The molecule has 2 heterocycles. The Labute approximate surface area is 152 Å². The quantitative estimate of drug-likeness (QED) is 0.881. The highest BCUT2D eigenvalue weighted by atomic mass is 32.2. The summed E-state index contributed by atoms with van der Waals surface area (Å²) in [7, 11) is -1.22. The summed E-state index contributed by atoms with van der Waals surface area (Å²) >= 11 is 0. The number of carbonyl (C=O) groups excluding carboxylic acids is 1. The third-order valence-corrected chi connectivity index (χ3v) is 6.17. The minimum Gasteiger partial charge on any atom is -0.356 e. The van der Waals surface area contributed by atoms with Crippen LogP contribution in [0.15, 0.2) is 42.6 Å². The van der Waals surface area contributed by atoms with Crippen LogP contribution in [0.1, 0.15) is 22.3 Å². The molecule has 1 N–H and O–H groups in total. The zero-order valence-electron chi connectivity index (χ0n) is 14.2. The van der Waals surface area contributed by atoms with Gasteiger partial charge in [0.25, 0.3) is 5.91 Å². The molecular formula is C18H18N4O3S. The maximum Gasteiger partial charge on any atom is 0.255 e. The van der Waals surface area contributed by atoms with E-state index in [-0.39, 0.29) is 23.5 Å². The monoisotopic (exact) mass is 370 g/mol. The molecule has 2 aromatic rings. The van der Waals surface area contributed by atoms with Crippen LogP contribution in [0.5, 0.6) is 0 Å². The van der Waals surface area contributed by atoms with Gasteiger partial charge in [-0.15, -0.1) is 0 Å². The van der Waals surface area contributed by atoms with E-state index in [1.165, 1.54) is 6.20 Å². The van der Waals surface area contributed by atoms with Gasteiger partial charge < -0.3 is 10.2 Å². The minimum atomic E-state index is -3.00. The largest absolute Gasteiger partial charge is 0.356 e. The van der Waals surface area contributed by atoms with Crippen LogP contribution in [0.4, 0.5) is 11.5 Å². The van der Waals surface area contributed by atoms with Gasteiger partial charge in [0.05, 0.1) is 22.8 Å². The molecule has 26 heavy (non-hydrogen) atoms. The van der Waals surface area contributed by atoms with E-state index in [1.54, 1.807) is 48.3 Å². The molecule has 134 valence electrons. The number of rotatable bonds is 4. The second kappa shape index (κ2) is 7.14. The third-order valence-electron chi connectivity index (χ3n) is 4.42. The summed E-state index contributed by atoms with van der Waals surface area (Å²) in [5.74, 6) is 0.446. The molecule has 0 radical (unpaired) electrons. The lowest BCUT2D eigenvalue weighted by molar-refractivity contribution is 0.102. The van der Waals surface area contributed by atoms with Crippen molar-refractivity contribution < 1.29 is 13.2 Å². The number of aromatic nitrogens is 1. The summed E-state index contributed by atoms with van der Waals surface area (Å²) in [6.07, 6.45) is 2.06. The lowest BCUT2D eigenvalue weighted by atomic mass is 10.1. The van der Waals surface area contributed by atoms with Crippen molar-refractivity contribution in [3.05, 3.63) is 53.7 Å². The van der Waals surface area contributed by atoms with E-state index in [0.29, 0.717) is 29.1 Å². The number of para-hydroxylation sites is 1. The van der Waals surface area contributed by atoms with Crippen LogP contribution in [0.3, 0.4) is 0 Å². The van der Waals surface area contributed by atoms with Crippen LogP contribution in [0.25, 0.3) is 0 Å². The number of anilines is 2. The van der Waals surface area contributed by atoms with Gasteiger partial charge in [-0.25, -0.2) is 13.4 Å². The van der Waals surface area contributed by atoms with Crippen molar-refractivity contribution in [1.82, 2.24) is 4.98 Å². The number of nitriles is 1. The number of carbonyl (C=O) groups is 1. The topological polar surface area (TPSA) is 103 Å². The third kappa shape index (κ3) is 3.83. The Balaban J connectivity index is 1.79. The standard InChI is InChI=1S/C18H18N4O3S/c1-22(15-7-9-26(24,25)12-15)17-10-13(6-8-20-17)18(23)21-16-5-3-2-4-14(16)11-19/h2-6,8,10,15H,7,9,12H2,1H3,(H,21,23). The summed E-state index contributed by atoms with van der Waals surface area (Å²) in [4.78, 5) is 18.6. The predicted molar refractivity (Wildman–Crippen MR) is 98.8 cm³/mol. The molecule has 1 amide bonds. The highest BCUT2D eigenvalue weighted by Crippen LogP contribution is 2.22. The van der Waals surface area contributed by atoms with Crippen molar-refractivity contribution in [2.24, 2.45) is 0 Å². The molecule has 0 spiro atoms. The highest BCUT2D eigenvalue weighted by molar-refractivity contribution is 7.91. The Morgan fingerprint density at radius 3 is 2.81 bits per heavy atom. The molecule has 1 aliphatic rings. The van der Waals surface area contributed by atoms with Gasteiger partial charge in [-0.05, 0) is 30.7 Å². The van der Waals surface area contributed by atoms with Crippen LogP contribution in [0.2, 0.25) is 0 Å². The van der Waals surface area contributed by atoms with Crippen molar-refractivity contribution in [3.8, 4) is 6.07 Å². The second-order valence-electron chi connectivity index (χ2n) is 6.18. The Morgan fingerprint density at radius 1 is 1.35 bits per heavy atom. The summed E-state index contributed by atoms with van der Waals surface area (Å²) in [5.41, 5.74) is 1.20. The van der Waals surface area contributed by atoms with Crippen molar-refractivity contribution in [1.29, 1.82) is 5.26 Å². The van der Waals surface area contributed by atoms with Crippen LogP contribution < -0.4 is 10.2 Å². The van der Waals surface area contributed by atoms with E-state index in [4.69, 9.17) is 5.26 Å². The van der Waals surface area contributed by atoms with Gasteiger partial charge in [0.15, 0.2) is 9.84 Å². The molecule has 3 rings (SSSR count). The number of amides is 1. The molecule has 1 saturated heterocycles. The fraction of sp³-hybridized carbons (Fsp3) is 0.278. The maximum absolute atomic E-state index is 12.5. The molecule has 1 fully saturated rings. The molecule has 1 atom stereocenters. The molecule has 7 nitrogen and oxygen atoms in total. The van der Waals surface area contributed by atoms with Crippen molar-refractivity contribution >= 4 is 27.2 Å². The van der Waals surface area contributed by atoms with E-state index in [2.05, 4.69) is 10.3 Å². The van der Waals surface area contributed by atoms with Crippen molar-refractivity contribution in [3.63, 3.8) is 0 Å². The fourth-order valence-electron chi connectivity index (χ4n) is 2.90. The minimum absolute atomic E-state index is 0.0944. The van der Waals surface area contributed by atoms with E-state index >= 15 is 0 Å². The first-order valence-electron chi connectivity index (χ1n) is 8.09. The average molecular weight is 370 g/mol. The number of hydrogen-bond acceptors (Lipinski definition) is 6. The molecule has 1 aliphatic heterocycles. The van der Waals surface area contributed by atoms with Gasteiger partial charge in [-0.3, -0.25) is 4.79 Å². The second-order valence-corrected chi connectivity index (χ2v) is 8.41. The lowest BCUT2D eigenvalue weighted by Crippen LogP contribution is -2.33. The SMILES string of the molecule is CN(c1cc(C(=O)Nc2ccccc2C#N)ccn1)C1CCS(=O)(=O)C1. The van der Waals surface area contributed by atoms with Crippen molar-refractivity contribution in [2.75, 3.05) is 28.8 Å². The van der Waals surface area contributed by atoms with Gasteiger partial charge >= 0.3 is 0 Å². The van der Waals surface area contributed by atoms with E-state index in [9.17, 15) is 13.2 Å². The fourth-order valence-corrected chi connectivity index (χ4v) is 4.68. The Kier molecular flexibility index (Phi) is 4.91. The maximum atomic E-state index is 12.5. The van der Waals surface area contributed by atoms with E-state index in [1.807, 2.05) is 6.07 Å². The van der Waals surface area contributed by atoms with Gasteiger partial charge in [0, 0.05) is 24.8 Å². The predicted octanol–water partition coefficient (Wildman–Crippen LogP) is 1.83. The van der Waals surface area contributed by atoms with Crippen molar-refractivity contribution in [2.45, 2.75) is 12.5 Å². The van der Waals surface area contributed by atoms with Crippen LogP contribution in [-0.2, 0) is 9.84 Å². The molecule has 1 aromatic carbocycles. The summed E-state index contributed by atoms with van der Waals surface area (Å²) in [5, 5.41) is 11.8. The zero-order valence-corrected chi connectivity index (χ0v) is 15.0. The first-order valence-corrected chi connectivity index (χ1v) is 9.91. The summed E-state index contributed by atoms with van der Waals surface area (Å²) in [6.45, 7) is 0. The van der Waals surface area contributed by atoms with E-state index < -0.39 is 9.84 Å². The molecule has 0 saturated carbocycles. The Hall–Kier alpha value is -2.92. The van der Waals surface area contributed by atoms with Crippen LogP contribution in [0, 0.1) is 11.3 Å². The molecule has 1 unspecified atom stereocenters. The number of sulfone groups is 1. The number of benzene rings is 1. The van der Waals surface area contributed by atoms with Gasteiger partial charge in [0.1, 0.15) is 11.9 Å². The molecule has 1 aromatic heterocycles. The first-order chi connectivity index (χ1) is 12.4. The molecule has 0 aliphatic carbocycles. The number of pyridine rings is 1.